The first-order valence-electron chi connectivity index (χ1n) is 9.91. The minimum atomic E-state index is -3.52. The van der Waals surface area contributed by atoms with Gasteiger partial charge in [0.05, 0.1) is 4.90 Å². The molecular formula is C22H28N2O3S. The lowest BCUT2D eigenvalue weighted by atomic mass is 10.0. The summed E-state index contributed by atoms with van der Waals surface area (Å²) in [5.41, 5.74) is 2.27. The lowest BCUT2D eigenvalue weighted by Crippen LogP contribution is -2.46. The molecule has 0 saturated carbocycles. The van der Waals surface area contributed by atoms with Crippen LogP contribution in [0.2, 0.25) is 0 Å². The molecule has 0 spiro atoms. The van der Waals surface area contributed by atoms with Crippen molar-refractivity contribution in [3.05, 3.63) is 65.7 Å². The van der Waals surface area contributed by atoms with Crippen LogP contribution in [0.15, 0.2) is 59.5 Å². The van der Waals surface area contributed by atoms with Crippen LogP contribution in [-0.4, -0.2) is 38.4 Å². The van der Waals surface area contributed by atoms with Crippen LogP contribution in [0.4, 0.5) is 0 Å². The van der Waals surface area contributed by atoms with Crippen LogP contribution in [0.3, 0.4) is 0 Å². The number of nitrogens with zero attached hydrogens (tertiary/aromatic N) is 1. The third-order valence-corrected chi connectivity index (χ3v) is 6.82. The Morgan fingerprint density at radius 1 is 1.00 bits per heavy atom. The van der Waals surface area contributed by atoms with E-state index in [0.29, 0.717) is 37.2 Å². The number of nitrogens with one attached hydrogen (secondary N) is 1. The topological polar surface area (TPSA) is 66.5 Å². The average molecular weight is 401 g/mol. The highest BCUT2D eigenvalue weighted by atomic mass is 32.2. The molecule has 28 heavy (non-hydrogen) atoms. The Kier molecular flexibility index (Phi) is 6.86. The van der Waals surface area contributed by atoms with E-state index in [1.165, 1.54) is 0 Å². The van der Waals surface area contributed by atoms with Crippen LogP contribution in [0.1, 0.15) is 37.3 Å². The zero-order valence-corrected chi connectivity index (χ0v) is 17.1. The molecule has 0 radical (unpaired) electrons. The second-order valence-corrected chi connectivity index (χ2v) is 8.97. The molecule has 1 fully saturated rings. The van der Waals surface area contributed by atoms with E-state index in [1.54, 1.807) is 12.1 Å². The standard InChI is InChI=1S/C22H28N2O3S/c1-2-18-8-11-21(12-9-18)28(26,27)23-20-14-16-24(17-15-20)22(25)13-10-19-6-4-3-5-7-19/h3-9,11-12,20,23H,2,10,13-17H2,1H3. The second kappa shape index (κ2) is 9.34. The zero-order valence-electron chi connectivity index (χ0n) is 16.3. The van der Waals surface area contributed by atoms with E-state index in [2.05, 4.69) is 4.72 Å². The van der Waals surface area contributed by atoms with Gasteiger partial charge in [-0.3, -0.25) is 4.79 Å². The molecule has 0 aromatic heterocycles. The maximum absolute atomic E-state index is 12.6. The number of sulfonamides is 1. The fourth-order valence-electron chi connectivity index (χ4n) is 3.49. The molecule has 0 aliphatic carbocycles. The van der Waals surface area contributed by atoms with E-state index < -0.39 is 10.0 Å². The minimum absolute atomic E-state index is 0.131. The summed E-state index contributed by atoms with van der Waals surface area (Å²) in [6.45, 7) is 3.22. The molecule has 1 aliphatic rings. The van der Waals surface area contributed by atoms with Crippen LogP contribution in [0, 0.1) is 0 Å². The fourth-order valence-corrected chi connectivity index (χ4v) is 4.80. The summed E-state index contributed by atoms with van der Waals surface area (Å²) in [6, 6.07) is 16.9. The first-order chi connectivity index (χ1) is 13.5. The van der Waals surface area contributed by atoms with Gasteiger partial charge in [-0.05, 0) is 48.9 Å². The number of benzene rings is 2. The van der Waals surface area contributed by atoms with Crippen LogP contribution >= 0.6 is 0 Å². The van der Waals surface area contributed by atoms with Crippen LogP contribution < -0.4 is 4.72 Å². The normalized spacial score (nSPS) is 15.5. The van der Waals surface area contributed by atoms with Gasteiger partial charge in [-0.2, -0.15) is 0 Å². The summed E-state index contributed by atoms with van der Waals surface area (Å²) in [7, 11) is -3.52. The van der Waals surface area contributed by atoms with Crippen molar-refractivity contribution < 1.29 is 13.2 Å². The first-order valence-corrected chi connectivity index (χ1v) is 11.4. The van der Waals surface area contributed by atoms with Gasteiger partial charge in [0.1, 0.15) is 0 Å². The van der Waals surface area contributed by atoms with E-state index in [-0.39, 0.29) is 11.9 Å². The summed E-state index contributed by atoms with van der Waals surface area (Å²) in [5.74, 6) is 0.139. The van der Waals surface area contributed by atoms with Crippen molar-refractivity contribution in [2.75, 3.05) is 13.1 Å². The lowest BCUT2D eigenvalue weighted by Gasteiger charge is -2.32. The minimum Gasteiger partial charge on any atom is -0.343 e. The summed E-state index contributed by atoms with van der Waals surface area (Å²) in [4.78, 5) is 14.6. The van der Waals surface area contributed by atoms with E-state index in [0.717, 1.165) is 24.0 Å². The number of rotatable bonds is 7. The number of likely N-dealkylation sites (tertiary alicyclic amines) is 1. The number of carbonyl (C=O) groups is 1. The van der Waals surface area contributed by atoms with Crippen molar-refractivity contribution in [1.82, 2.24) is 9.62 Å². The largest absolute Gasteiger partial charge is 0.343 e. The van der Waals surface area contributed by atoms with Gasteiger partial charge in [0, 0.05) is 25.6 Å². The molecule has 3 rings (SSSR count). The van der Waals surface area contributed by atoms with Crippen molar-refractivity contribution >= 4 is 15.9 Å². The first kappa shape index (κ1) is 20.6. The van der Waals surface area contributed by atoms with Gasteiger partial charge < -0.3 is 4.90 Å². The van der Waals surface area contributed by atoms with Crippen LogP contribution in [0.5, 0.6) is 0 Å². The quantitative estimate of drug-likeness (QED) is 0.776. The highest BCUT2D eigenvalue weighted by Crippen LogP contribution is 2.17. The smallest absolute Gasteiger partial charge is 0.240 e. The van der Waals surface area contributed by atoms with Crippen molar-refractivity contribution in [2.24, 2.45) is 0 Å². The maximum Gasteiger partial charge on any atom is 0.240 e. The molecule has 5 nitrogen and oxygen atoms in total. The molecule has 1 amide bonds. The molecule has 1 N–H and O–H groups in total. The van der Waals surface area contributed by atoms with Gasteiger partial charge in [-0.15, -0.1) is 0 Å². The molecule has 1 saturated heterocycles. The van der Waals surface area contributed by atoms with Gasteiger partial charge in [0.25, 0.3) is 0 Å². The molecule has 2 aromatic rings. The average Bonchev–Trinajstić information content (AvgIpc) is 2.73. The van der Waals surface area contributed by atoms with E-state index in [9.17, 15) is 13.2 Å². The Hall–Kier alpha value is -2.18. The van der Waals surface area contributed by atoms with Gasteiger partial charge in [-0.25, -0.2) is 13.1 Å². The Morgan fingerprint density at radius 3 is 2.25 bits per heavy atom. The van der Waals surface area contributed by atoms with E-state index in [1.807, 2.05) is 54.3 Å². The number of piperidine rings is 1. The molecule has 0 atom stereocenters. The SMILES string of the molecule is CCc1ccc(S(=O)(=O)NC2CCN(C(=O)CCc3ccccc3)CC2)cc1. The molecule has 150 valence electrons. The van der Waals surface area contributed by atoms with Gasteiger partial charge >= 0.3 is 0 Å². The van der Waals surface area contributed by atoms with Crippen molar-refractivity contribution in [2.45, 2.75) is 50.0 Å². The molecule has 1 aliphatic heterocycles. The molecule has 2 aromatic carbocycles. The Balaban J connectivity index is 1.48. The highest BCUT2D eigenvalue weighted by molar-refractivity contribution is 7.89. The molecule has 1 heterocycles. The highest BCUT2D eigenvalue weighted by Gasteiger charge is 2.26. The van der Waals surface area contributed by atoms with Gasteiger partial charge in [0.15, 0.2) is 0 Å². The number of aryl methyl sites for hydroxylation is 2. The number of carbonyl (C=O) groups excluding carboxylic acids is 1. The molecular weight excluding hydrogens is 372 g/mol. The Morgan fingerprint density at radius 2 is 1.64 bits per heavy atom. The van der Waals surface area contributed by atoms with Gasteiger partial charge in [-0.1, -0.05) is 49.4 Å². The van der Waals surface area contributed by atoms with Crippen LogP contribution in [-0.2, 0) is 27.7 Å². The third kappa shape index (κ3) is 5.42. The number of hydrogen-bond donors (Lipinski definition) is 1. The van der Waals surface area contributed by atoms with Crippen molar-refractivity contribution in [3.63, 3.8) is 0 Å². The summed E-state index contributed by atoms with van der Waals surface area (Å²) in [6.07, 6.45) is 3.39. The van der Waals surface area contributed by atoms with Gasteiger partial charge in [0.2, 0.25) is 15.9 Å². The monoisotopic (exact) mass is 400 g/mol. The summed E-state index contributed by atoms with van der Waals surface area (Å²) >= 11 is 0. The fraction of sp³-hybridized carbons (Fsp3) is 0.409. The Labute approximate surface area is 167 Å². The zero-order chi connectivity index (χ0) is 20.0. The summed E-state index contributed by atoms with van der Waals surface area (Å²) < 4.78 is 28.0. The van der Waals surface area contributed by atoms with E-state index in [4.69, 9.17) is 0 Å². The van der Waals surface area contributed by atoms with Crippen molar-refractivity contribution in [1.29, 1.82) is 0 Å². The molecule has 6 heteroatoms. The lowest BCUT2D eigenvalue weighted by molar-refractivity contribution is -0.132. The summed E-state index contributed by atoms with van der Waals surface area (Å²) in [5, 5.41) is 0. The third-order valence-electron chi connectivity index (χ3n) is 5.28. The van der Waals surface area contributed by atoms with E-state index >= 15 is 0 Å². The molecule has 0 bridgehead atoms. The van der Waals surface area contributed by atoms with Crippen molar-refractivity contribution in [3.8, 4) is 0 Å². The number of amides is 1. The predicted octanol–water partition coefficient (Wildman–Crippen LogP) is 3.15. The molecule has 0 unspecified atom stereocenters. The number of hydrogen-bond acceptors (Lipinski definition) is 3. The van der Waals surface area contributed by atoms with Crippen LogP contribution in [0.25, 0.3) is 0 Å². The maximum atomic E-state index is 12.6. The second-order valence-electron chi connectivity index (χ2n) is 7.26. The predicted molar refractivity (Wildman–Crippen MR) is 111 cm³/mol. The Bertz CT molecular complexity index is 872.